The summed E-state index contributed by atoms with van der Waals surface area (Å²) in [5.41, 5.74) is 0.883. The molecule has 22 heavy (non-hydrogen) atoms. The molecule has 1 saturated carbocycles. The lowest BCUT2D eigenvalue weighted by molar-refractivity contribution is -0.122. The molecule has 5 nitrogen and oxygen atoms in total. The normalized spacial score (nSPS) is 17.3. The second-order valence-corrected chi connectivity index (χ2v) is 5.77. The van der Waals surface area contributed by atoms with E-state index in [2.05, 4.69) is 16.0 Å². The summed E-state index contributed by atoms with van der Waals surface area (Å²) in [5, 5.41) is 8.25. The summed E-state index contributed by atoms with van der Waals surface area (Å²) in [6, 6.07) is 8.91. The fraction of sp³-hybridized carbons (Fsp3) is 0.529. The number of nitrogens with one attached hydrogen (secondary N) is 3. The van der Waals surface area contributed by atoms with E-state index in [1.54, 1.807) is 0 Å². The van der Waals surface area contributed by atoms with E-state index in [1.165, 1.54) is 32.7 Å². The van der Waals surface area contributed by atoms with Crippen molar-refractivity contribution in [3.05, 3.63) is 35.9 Å². The summed E-state index contributed by atoms with van der Waals surface area (Å²) in [6.07, 6.45) is 7.07. The zero-order valence-corrected chi connectivity index (χ0v) is 13.1. The van der Waals surface area contributed by atoms with Crippen molar-refractivity contribution in [3.63, 3.8) is 0 Å². The van der Waals surface area contributed by atoms with Crippen molar-refractivity contribution in [2.45, 2.75) is 50.6 Å². The fourth-order valence-electron chi connectivity index (χ4n) is 2.90. The molecule has 0 unspecified atom stereocenters. The highest BCUT2D eigenvalue weighted by Crippen LogP contribution is 2.21. The van der Waals surface area contributed by atoms with Gasteiger partial charge in [0.15, 0.2) is 0 Å². The molecule has 3 amide bonds. The van der Waals surface area contributed by atoms with E-state index in [9.17, 15) is 9.59 Å². The first kappa shape index (κ1) is 16.5. The summed E-state index contributed by atoms with van der Waals surface area (Å²) in [6.45, 7) is 0. The van der Waals surface area contributed by atoms with Crippen molar-refractivity contribution in [1.29, 1.82) is 0 Å². The molecule has 5 heteroatoms. The lowest BCUT2D eigenvalue weighted by atomic mass is 10.0. The summed E-state index contributed by atoms with van der Waals surface area (Å²) in [4.78, 5) is 23.9. The Labute approximate surface area is 131 Å². The monoisotopic (exact) mass is 303 g/mol. The van der Waals surface area contributed by atoms with E-state index in [1.807, 2.05) is 30.3 Å². The first-order chi connectivity index (χ1) is 10.7. The van der Waals surface area contributed by atoms with E-state index in [0.29, 0.717) is 6.04 Å². The molecule has 0 bridgehead atoms. The SMILES string of the molecule is CNC(=O)NC(=O)[C@@H](NC1CCCCCC1)c1ccccc1. The Kier molecular flexibility index (Phi) is 6.40. The third-order valence-corrected chi connectivity index (χ3v) is 4.12. The lowest BCUT2D eigenvalue weighted by Gasteiger charge is -2.24. The van der Waals surface area contributed by atoms with Gasteiger partial charge in [0.1, 0.15) is 6.04 Å². The summed E-state index contributed by atoms with van der Waals surface area (Å²) in [5.74, 6) is -0.310. The van der Waals surface area contributed by atoms with Crippen LogP contribution in [0.3, 0.4) is 0 Å². The molecule has 0 saturated heterocycles. The fourth-order valence-corrected chi connectivity index (χ4v) is 2.90. The largest absolute Gasteiger partial charge is 0.341 e. The standard InChI is InChI=1S/C17H25N3O2/c1-18-17(22)20-16(21)15(13-9-5-4-6-10-13)19-14-11-7-2-3-8-12-14/h4-6,9-10,14-15,19H,2-3,7-8,11-12H2,1H3,(H2,18,20,21,22)/t15-/m0/s1. The highest BCUT2D eigenvalue weighted by atomic mass is 16.2. The molecule has 0 spiro atoms. The number of rotatable bonds is 4. The van der Waals surface area contributed by atoms with Crippen molar-refractivity contribution in [1.82, 2.24) is 16.0 Å². The van der Waals surface area contributed by atoms with E-state index in [4.69, 9.17) is 0 Å². The summed E-state index contributed by atoms with van der Waals surface area (Å²) < 4.78 is 0. The highest BCUT2D eigenvalue weighted by Gasteiger charge is 2.25. The average molecular weight is 303 g/mol. The second kappa shape index (κ2) is 8.54. The van der Waals surface area contributed by atoms with Gasteiger partial charge in [0.2, 0.25) is 5.91 Å². The average Bonchev–Trinajstić information content (AvgIpc) is 2.81. The number of carbonyl (C=O) groups is 2. The third-order valence-electron chi connectivity index (χ3n) is 4.12. The van der Waals surface area contributed by atoms with Gasteiger partial charge in [-0.25, -0.2) is 4.79 Å². The molecule has 1 atom stereocenters. The molecule has 0 radical (unpaired) electrons. The third kappa shape index (κ3) is 4.84. The molecule has 0 heterocycles. The molecular weight excluding hydrogens is 278 g/mol. The van der Waals surface area contributed by atoms with Crippen molar-refractivity contribution in [2.24, 2.45) is 0 Å². The Morgan fingerprint density at radius 1 is 1.05 bits per heavy atom. The zero-order chi connectivity index (χ0) is 15.8. The number of amides is 3. The van der Waals surface area contributed by atoms with Gasteiger partial charge >= 0.3 is 6.03 Å². The topological polar surface area (TPSA) is 70.2 Å². The van der Waals surface area contributed by atoms with Crippen molar-refractivity contribution in [2.75, 3.05) is 7.05 Å². The Morgan fingerprint density at radius 3 is 2.27 bits per heavy atom. The van der Waals surface area contributed by atoms with E-state index < -0.39 is 12.1 Å². The Balaban J connectivity index is 2.10. The van der Waals surface area contributed by atoms with Crippen LogP contribution in [0.1, 0.15) is 50.1 Å². The molecule has 1 fully saturated rings. The lowest BCUT2D eigenvalue weighted by Crippen LogP contribution is -2.46. The van der Waals surface area contributed by atoms with Gasteiger partial charge in [0, 0.05) is 13.1 Å². The summed E-state index contributed by atoms with van der Waals surface area (Å²) >= 11 is 0. The van der Waals surface area contributed by atoms with E-state index >= 15 is 0 Å². The van der Waals surface area contributed by atoms with Gasteiger partial charge in [-0.3, -0.25) is 15.4 Å². The second-order valence-electron chi connectivity index (χ2n) is 5.77. The molecule has 3 N–H and O–H groups in total. The molecule has 1 aliphatic rings. The minimum absolute atomic E-state index is 0.310. The molecule has 120 valence electrons. The quantitative estimate of drug-likeness (QED) is 0.748. The van der Waals surface area contributed by atoms with Crippen LogP contribution in [-0.4, -0.2) is 25.0 Å². The number of hydrogen-bond acceptors (Lipinski definition) is 3. The predicted octanol–water partition coefficient (Wildman–Crippen LogP) is 2.50. The molecule has 1 aliphatic carbocycles. The smallest absolute Gasteiger partial charge is 0.321 e. The molecule has 2 rings (SSSR count). The van der Waals surface area contributed by atoms with Gasteiger partial charge in [-0.2, -0.15) is 0 Å². The molecular formula is C17H25N3O2. The van der Waals surface area contributed by atoms with Gasteiger partial charge in [-0.1, -0.05) is 56.0 Å². The van der Waals surface area contributed by atoms with Gasteiger partial charge in [0.05, 0.1) is 0 Å². The van der Waals surface area contributed by atoms with Crippen LogP contribution in [0.25, 0.3) is 0 Å². The maximum atomic E-state index is 12.4. The molecule has 0 aromatic heterocycles. The predicted molar refractivity (Wildman–Crippen MR) is 86.4 cm³/mol. The van der Waals surface area contributed by atoms with E-state index in [-0.39, 0.29) is 5.91 Å². The van der Waals surface area contributed by atoms with Crippen LogP contribution in [0.5, 0.6) is 0 Å². The first-order valence-corrected chi connectivity index (χ1v) is 8.04. The minimum atomic E-state index is -0.499. The Hall–Kier alpha value is -1.88. The van der Waals surface area contributed by atoms with Crippen LogP contribution in [0.4, 0.5) is 4.79 Å². The van der Waals surface area contributed by atoms with Crippen LogP contribution in [0.2, 0.25) is 0 Å². The molecule has 1 aromatic carbocycles. The molecule has 0 aliphatic heterocycles. The van der Waals surface area contributed by atoms with Crippen LogP contribution >= 0.6 is 0 Å². The van der Waals surface area contributed by atoms with Gasteiger partial charge < -0.3 is 5.32 Å². The van der Waals surface area contributed by atoms with Gasteiger partial charge in [-0.05, 0) is 18.4 Å². The maximum Gasteiger partial charge on any atom is 0.321 e. The number of urea groups is 1. The number of imide groups is 1. The van der Waals surface area contributed by atoms with Crippen LogP contribution < -0.4 is 16.0 Å². The van der Waals surface area contributed by atoms with Crippen molar-refractivity contribution < 1.29 is 9.59 Å². The van der Waals surface area contributed by atoms with Crippen LogP contribution in [0, 0.1) is 0 Å². The zero-order valence-electron chi connectivity index (χ0n) is 13.1. The van der Waals surface area contributed by atoms with Crippen molar-refractivity contribution >= 4 is 11.9 Å². The number of carbonyl (C=O) groups excluding carboxylic acids is 2. The number of hydrogen-bond donors (Lipinski definition) is 3. The first-order valence-electron chi connectivity index (χ1n) is 8.04. The maximum absolute atomic E-state index is 12.4. The molecule has 1 aromatic rings. The van der Waals surface area contributed by atoms with Crippen LogP contribution in [0.15, 0.2) is 30.3 Å². The van der Waals surface area contributed by atoms with Crippen molar-refractivity contribution in [3.8, 4) is 0 Å². The number of benzene rings is 1. The van der Waals surface area contributed by atoms with Gasteiger partial charge in [0.25, 0.3) is 0 Å². The highest BCUT2D eigenvalue weighted by molar-refractivity contribution is 5.97. The van der Waals surface area contributed by atoms with Crippen LogP contribution in [-0.2, 0) is 4.79 Å². The van der Waals surface area contributed by atoms with Gasteiger partial charge in [-0.15, -0.1) is 0 Å². The Bertz CT molecular complexity index is 482. The van der Waals surface area contributed by atoms with E-state index in [0.717, 1.165) is 18.4 Å². The Morgan fingerprint density at radius 2 is 1.68 bits per heavy atom. The summed E-state index contributed by atoms with van der Waals surface area (Å²) in [7, 11) is 1.50. The minimum Gasteiger partial charge on any atom is -0.341 e.